The van der Waals surface area contributed by atoms with Gasteiger partial charge in [-0.1, -0.05) is 19.1 Å². The minimum Gasteiger partial charge on any atom is -0.461 e. The molecule has 1 aromatic carbocycles. The lowest BCUT2D eigenvalue weighted by molar-refractivity contribution is -0.315. The van der Waals surface area contributed by atoms with Crippen LogP contribution in [0.5, 0.6) is 0 Å². The van der Waals surface area contributed by atoms with Gasteiger partial charge in [0.15, 0.2) is 0 Å². The van der Waals surface area contributed by atoms with Crippen LogP contribution in [0.25, 0.3) is 0 Å². The molecule has 14 atom stereocenters. The van der Waals surface area contributed by atoms with E-state index in [1.54, 1.807) is 51.4 Å². The second-order valence-corrected chi connectivity index (χ2v) is 15.7. The van der Waals surface area contributed by atoms with Crippen molar-refractivity contribution in [3.8, 4) is 0 Å². The predicted molar refractivity (Wildman–Crippen MR) is 170 cm³/mol. The molecule has 3 amide bonds. The molecule has 1 spiro atoms. The Morgan fingerprint density at radius 2 is 1.82 bits per heavy atom. The number of piperidine rings is 1. The zero-order valence-corrected chi connectivity index (χ0v) is 28.6. The Balaban J connectivity index is 1.24. The van der Waals surface area contributed by atoms with Crippen molar-refractivity contribution in [1.82, 2.24) is 4.90 Å². The number of fused-ring (bicyclic) bond motifs is 2. The van der Waals surface area contributed by atoms with E-state index in [1.807, 2.05) is 0 Å². The number of anilines is 1. The Hall–Kier alpha value is -2.94. The number of nitrogens with zero attached hydrogens (tertiary/aromatic N) is 2. The van der Waals surface area contributed by atoms with Crippen molar-refractivity contribution in [1.29, 1.82) is 0 Å². The van der Waals surface area contributed by atoms with Gasteiger partial charge in [-0.2, -0.15) is 0 Å². The van der Waals surface area contributed by atoms with E-state index in [0.29, 0.717) is 19.3 Å². The zero-order valence-electron chi connectivity index (χ0n) is 28.6. The predicted octanol–water partition coefficient (Wildman–Crippen LogP) is 1.17. The molecule has 7 bridgehead atoms. The molecule has 49 heavy (non-hydrogen) atoms. The number of rotatable bonds is 9. The first-order valence-corrected chi connectivity index (χ1v) is 17.3. The molecular weight excluding hydrogens is 636 g/mol. The first-order chi connectivity index (χ1) is 23.4. The van der Waals surface area contributed by atoms with Crippen LogP contribution in [-0.4, -0.2) is 123 Å². The van der Waals surface area contributed by atoms with Gasteiger partial charge in [-0.25, -0.2) is 9.69 Å². The van der Waals surface area contributed by atoms with Crippen LogP contribution >= 0.6 is 0 Å². The number of carbonyl (C=O) groups is 4. The fourth-order valence-corrected chi connectivity index (χ4v) is 12.9. The number of imide groups is 1. The quantitative estimate of drug-likeness (QED) is 0.219. The van der Waals surface area contributed by atoms with E-state index in [-0.39, 0.29) is 67.0 Å². The topological polar surface area (TPSA) is 161 Å². The Bertz CT molecular complexity index is 1590. The number of esters is 1. The second-order valence-electron chi connectivity index (χ2n) is 15.7. The Morgan fingerprint density at radius 3 is 2.45 bits per heavy atom. The average Bonchev–Trinajstić information content (AvgIpc) is 3.63. The first-order valence-electron chi connectivity index (χ1n) is 17.3. The van der Waals surface area contributed by atoms with Crippen molar-refractivity contribution in [2.75, 3.05) is 46.5 Å². The summed E-state index contributed by atoms with van der Waals surface area (Å²) < 4.78 is 30.9. The molecule has 0 aromatic heterocycles. The molecule has 7 aliphatic rings. The third-order valence-corrected chi connectivity index (χ3v) is 14.2. The highest BCUT2D eigenvalue weighted by molar-refractivity contribution is 6.22. The SMILES string of the molecule is CO[C@H]1[C@@H]2C[C@@H]3[C@H]1[C@](O)(C[C@@H]2OC)[C@@]1(O)[C@@H](OC)[C@@H]2[C@@]4(COC(=O)c5ccccc5N5C(=O)CC(C)C5=O)CC[C@H](OC)[C@@]32[C@@H]1N(C=O)C4. The lowest BCUT2D eigenvalue weighted by Crippen LogP contribution is -2.82. The number of ether oxygens (including phenoxy) is 5. The third-order valence-electron chi connectivity index (χ3n) is 14.2. The van der Waals surface area contributed by atoms with E-state index in [2.05, 4.69) is 0 Å². The van der Waals surface area contributed by atoms with Crippen LogP contribution in [0.15, 0.2) is 24.3 Å². The molecule has 0 radical (unpaired) electrons. The molecule has 8 rings (SSSR count). The van der Waals surface area contributed by atoms with Gasteiger partial charge in [-0.05, 0) is 37.3 Å². The molecule has 7 fully saturated rings. The summed E-state index contributed by atoms with van der Waals surface area (Å²) >= 11 is 0. The van der Waals surface area contributed by atoms with Gasteiger partial charge in [0, 0.05) is 82.3 Å². The maximum atomic E-state index is 14.0. The van der Waals surface area contributed by atoms with Gasteiger partial charge in [-0.15, -0.1) is 0 Å². The lowest BCUT2D eigenvalue weighted by Gasteiger charge is -2.69. The van der Waals surface area contributed by atoms with Crippen LogP contribution in [0.4, 0.5) is 5.69 Å². The van der Waals surface area contributed by atoms with E-state index >= 15 is 0 Å². The summed E-state index contributed by atoms with van der Waals surface area (Å²) in [5, 5.41) is 26.3. The molecule has 2 heterocycles. The summed E-state index contributed by atoms with van der Waals surface area (Å²) in [6.45, 7) is 1.73. The van der Waals surface area contributed by atoms with Crippen molar-refractivity contribution < 1.29 is 53.1 Å². The normalized spacial score (nSPS) is 47.5. The monoisotopic (exact) mass is 682 g/mol. The van der Waals surface area contributed by atoms with E-state index < -0.39 is 70.1 Å². The summed E-state index contributed by atoms with van der Waals surface area (Å²) in [7, 11) is 6.41. The van der Waals surface area contributed by atoms with Crippen LogP contribution in [0, 0.1) is 40.4 Å². The minimum absolute atomic E-state index is 0.0455. The van der Waals surface area contributed by atoms with Gasteiger partial charge < -0.3 is 38.8 Å². The van der Waals surface area contributed by atoms with E-state index in [9.17, 15) is 29.4 Å². The minimum atomic E-state index is -1.93. The van der Waals surface area contributed by atoms with Crippen LogP contribution in [0.2, 0.25) is 0 Å². The summed E-state index contributed by atoms with van der Waals surface area (Å²) in [5.41, 5.74) is -5.15. The van der Waals surface area contributed by atoms with Crippen molar-refractivity contribution in [3.05, 3.63) is 29.8 Å². The molecule has 5 saturated carbocycles. The molecule has 13 nitrogen and oxygen atoms in total. The number of likely N-dealkylation sites (tertiary alicyclic amines) is 1. The smallest absolute Gasteiger partial charge is 0.340 e. The molecule has 13 heteroatoms. The number of methoxy groups -OCH3 is 4. The largest absolute Gasteiger partial charge is 0.461 e. The van der Waals surface area contributed by atoms with Gasteiger partial charge in [0.25, 0.3) is 0 Å². The summed E-state index contributed by atoms with van der Waals surface area (Å²) in [4.78, 5) is 55.6. The number of hydrogen-bond acceptors (Lipinski definition) is 11. The Labute approximate surface area is 285 Å². The summed E-state index contributed by atoms with van der Waals surface area (Å²) in [6, 6.07) is 5.57. The number of benzene rings is 1. The average molecular weight is 683 g/mol. The molecule has 2 aliphatic heterocycles. The molecule has 5 aliphatic carbocycles. The van der Waals surface area contributed by atoms with E-state index in [0.717, 1.165) is 11.3 Å². The molecule has 266 valence electrons. The van der Waals surface area contributed by atoms with E-state index in [4.69, 9.17) is 23.7 Å². The van der Waals surface area contributed by atoms with Gasteiger partial charge >= 0.3 is 5.97 Å². The fourth-order valence-electron chi connectivity index (χ4n) is 12.9. The first kappa shape index (κ1) is 33.2. The van der Waals surface area contributed by atoms with Gasteiger partial charge in [0.05, 0.1) is 48.3 Å². The molecule has 2 saturated heterocycles. The molecular formula is C36H46N2O11. The molecule has 1 unspecified atom stereocenters. The third kappa shape index (κ3) is 3.76. The lowest BCUT2D eigenvalue weighted by atomic mass is 9.42. The number of amides is 3. The summed E-state index contributed by atoms with van der Waals surface area (Å²) in [5.74, 6) is -3.19. The standard InChI is InChI=1S/C36H46N2O11/c1-18-12-25(40)38(30(18)41)22-9-7-6-8-19(22)31(42)49-16-33-11-10-24(46-3)35-21-13-20-23(45-2)14-34(43,26(21)27(20)47-4)36(44,29(48-5)28(33)35)32(35)37(15-33)17-39/h6-9,17-18,20-21,23-24,26-29,32,43-44H,10-16H2,1-5H3/t18?,20-,21-,23+,24+,26-,27+,28-,29+,32+,33+,34-,35+,36-/m1/s1. The number of carbonyl (C=O) groups excluding carboxylic acids is 4. The maximum absolute atomic E-state index is 14.0. The highest BCUT2D eigenvalue weighted by atomic mass is 16.5. The van der Waals surface area contributed by atoms with Crippen LogP contribution in [0.3, 0.4) is 0 Å². The Kier molecular flexibility index (Phi) is 7.48. The molecule has 1 aromatic rings. The number of para-hydroxylation sites is 1. The zero-order chi connectivity index (χ0) is 34.8. The van der Waals surface area contributed by atoms with Crippen molar-refractivity contribution in [2.24, 2.45) is 40.4 Å². The maximum Gasteiger partial charge on any atom is 0.340 e. The van der Waals surface area contributed by atoms with Gasteiger partial charge in [0.1, 0.15) is 11.2 Å². The highest BCUT2D eigenvalue weighted by Crippen LogP contribution is 2.80. The molecule has 2 N–H and O–H groups in total. The number of hydrogen-bond donors (Lipinski definition) is 2. The fraction of sp³-hybridized carbons (Fsp3) is 0.722. The van der Waals surface area contributed by atoms with Crippen molar-refractivity contribution in [2.45, 2.75) is 80.7 Å². The van der Waals surface area contributed by atoms with Crippen molar-refractivity contribution in [3.63, 3.8) is 0 Å². The Morgan fingerprint density at radius 1 is 1.06 bits per heavy atom. The van der Waals surface area contributed by atoms with Gasteiger partial charge in [0.2, 0.25) is 18.2 Å². The van der Waals surface area contributed by atoms with Crippen LogP contribution < -0.4 is 4.90 Å². The summed E-state index contributed by atoms with van der Waals surface area (Å²) in [6.07, 6.45) is 0.516. The van der Waals surface area contributed by atoms with Gasteiger partial charge in [-0.3, -0.25) is 14.4 Å². The second kappa shape index (κ2) is 11.0. The van der Waals surface area contributed by atoms with Crippen LogP contribution in [-0.2, 0) is 38.1 Å². The van der Waals surface area contributed by atoms with E-state index in [1.165, 1.54) is 13.2 Å². The highest BCUT2D eigenvalue weighted by Gasteiger charge is 2.92. The number of aliphatic hydroxyl groups is 2. The van der Waals surface area contributed by atoms with Crippen LogP contribution in [0.1, 0.15) is 49.4 Å². The van der Waals surface area contributed by atoms with Crippen molar-refractivity contribution >= 4 is 29.9 Å².